The molecule has 0 N–H and O–H groups in total. The Kier molecular flexibility index (Phi) is 4.65. The smallest absolute Gasteiger partial charge is 0.254 e. The summed E-state index contributed by atoms with van der Waals surface area (Å²) in [6.07, 6.45) is 3.61. The van der Waals surface area contributed by atoms with E-state index < -0.39 is 0 Å². The van der Waals surface area contributed by atoms with Gasteiger partial charge in [0, 0.05) is 16.7 Å². The number of aryl methyl sites for hydroxylation is 1. The van der Waals surface area contributed by atoms with Gasteiger partial charge in [0.05, 0.1) is 5.56 Å². The number of halogens is 1. The Morgan fingerprint density at radius 1 is 1.44 bits per heavy atom. The predicted molar refractivity (Wildman–Crippen MR) is 82.8 cm³/mol. The first-order valence-electron chi connectivity index (χ1n) is 6.68. The number of hydrogen-bond donors (Lipinski definition) is 0. The molecule has 2 nitrogen and oxygen atoms in total. The number of rotatable bonds is 5. The van der Waals surface area contributed by atoms with E-state index in [1.165, 1.54) is 18.4 Å². The summed E-state index contributed by atoms with van der Waals surface area (Å²) in [4.78, 5) is 14.6. The molecule has 0 aromatic heterocycles. The summed E-state index contributed by atoms with van der Waals surface area (Å²) < 4.78 is 1.09. The Labute approximate surface area is 123 Å². The number of carbonyl (C=O) groups excluding carboxylic acids is 1. The number of hydrogen-bond acceptors (Lipinski definition) is 1. The minimum Gasteiger partial charge on any atom is -0.338 e. The molecule has 1 fully saturated rings. The maximum absolute atomic E-state index is 12.6. The van der Waals surface area contributed by atoms with Crippen molar-refractivity contribution in [2.75, 3.05) is 13.1 Å². The van der Waals surface area contributed by atoms with E-state index in [-0.39, 0.29) is 5.91 Å². The quantitative estimate of drug-likeness (QED) is 0.733. The van der Waals surface area contributed by atoms with Crippen LogP contribution in [0.3, 0.4) is 0 Å². The standard InChI is InChI=1S/C15H20INO/c1-3-9-17(10-12-7-8-12)15(18)13-6-4-5-11(2)14(13)16/h4-6,12H,3,7-10H2,1-2H3. The van der Waals surface area contributed by atoms with Crippen LogP contribution < -0.4 is 0 Å². The molecule has 1 aromatic carbocycles. The summed E-state index contributed by atoms with van der Waals surface area (Å²) in [6.45, 7) is 6.01. The van der Waals surface area contributed by atoms with Gasteiger partial charge in [0.25, 0.3) is 5.91 Å². The van der Waals surface area contributed by atoms with Crippen molar-refractivity contribution in [1.29, 1.82) is 0 Å². The van der Waals surface area contributed by atoms with Crippen LogP contribution in [0, 0.1) is 16.4 Å². The first kappa shape index (κ1) is 13.8. The Morgan fingerprint density at radius 2 is 2.17 bits per heavy atom. The molecule has 1 aliphatic rings. The molecule has 1 aliphatic carbocycles. The van der Waals surface area contributed by atoms with Gasteiger partial charge in [-0.25, -0.2) is 0 Å². The van der Waals surface area contributed by atoms with E-state index in [2.05, 4.69) is 42.5 Å². The summed E-state index contributed by atoms with van der Waals surface area (Å²) in [6, 6.07) is 5.99. The summed E-state index contributed by atoms with van der Waals surface area (Å²) in [5, 5.41) is 0. The minimum atomic E-state index is 0.205. The van der Waals surface area contributed by atoms with Crippen molar-refractivity contribution in [3.05, 3.63) is 32.9 Å². The first-order valence-corrected chi connectivity index (χ1v) is 7.75. The third kappa shape index (κ3) is 3.25. The zero-order valence-electron chi connectivity index (χ0n) is 11.1. The van der Waals surface area contributed by atoms with Crippen LogP contribution in [0.25, 0.3) is 0 Å². The maximum Gasteiger partial charge on any atom is 0.254 e. The molecule has 0 bridgehead atoms. The Balaban J connectivity index is 2.17. The summed E-state index contributed by atoms with van der Waals surface area (Å²) in [7, 11) is 0. The molecule has 98 valence electrons. The van der Waals surface area contributed by atoms with Gasteiger partial charge in [0.15, 0.2) is 0 Å². The van der Waals surface area contributed by atoms with Crippen molar-refractivity contribution in [2.45, 2.75) is 33.1 Å². The minimum absolute atomic E-state index is 0.205. The van der Waals surface area contributed by atoms with E-state index in [1.807, 2.05) is 17.0 Å². The molecular weight excluding hydrogens is 337 g/mol. The first-order chi connectivity index (χ1) is 8.63. The molecule has 0 heterocycles. The second-order valence-corrected chi connectivity index (χ2v) is 6.21. The lowest BCUT2D eigenvalue weighted by atomic mass is 10.1. The fourth-order valence-electron chi connectivity index (χ4n) is 2.14. The van der Waals surface area contributed by atoms with Crippen molar-refractivity contribution < 1.29 is 4.79 Å². The molecule has 0 spiro atoms. The van der Waals surface area contributed by atoms with Gasteiger partial charge in [-0.05, 0) is 66.3 Å². The summed E-state index contributed by atoms with van der Waals surface area (Å²) in [5.41, 5.74) is 2.05. The highest BCUT2D eigenvalue weighted by molar-refractivity contribution is 14.1. The highest BCUT2D eigenvalue weighted by atomic mass is 127. The molecular formula is C15H20INO. The lowest BCUT2D eigenvalue weighted by Crippen LogP contribution is -2.34. The van der Waals surface area contributed by atoms with Gasteiger partial charge < -0.3 is 4.90 Å². The van der Waals surface area contributed by atoms with Crippen LogP contribution in [0.1, 0.15) is 42.1 Å². The molecule has 1 amide bonds. The number of benzene rings is 1. The van der Waals surface area contributed by atoms with E-state index in [9.17, 15) is 4.79 Å². The van der Waals surface area contributed by atoms with Crippen molar-refractivity contribution >= 4 is 28.5 Å². The van der Waals surface area contributed by atoms with Gasteiger partial charge in [-0.3, -0.25) is 4.79 Å². The Bertz CT molecular complexity index is 440. The number of nitrogens with zero attached hydrogens (tertiary/aromatic N) is 1. The lowest BCUT2D eigenvalue weighted by molar-refractivity contribution is 0.0746. The fourth-order valence-corrected chi connectivity index (χ4v) is 2.73. The average Bonchev–Trinajstić information content (AvgIpc) is 3.15. The van der Waals surface area contributed by atoms with E-state index >= 15 is 0 Å². The molecule has 1 saturated carbocycles. The molecule has 3 heteroatoms. The van der Waals surface area contributed by atoms with E-state index in [0.29, 0.717) is 0 Å². The van der Waals surface area contributed by atoms with Crippen molar-refractivity contribution in [3.63, 3.8) is 0 Å². The second-order valence-electron chi connectivity index (χ2n) is 5.13. The topological polar surface area (TPSA) is 20.3 Å². The van der Waals surface area contributed by atoms with Gasteiger partial charge in [0.1, 0.15) is 0 Å². The van der Waals surface area contributed by atoms with Crippen LogP contribution in [0.5, 0.6) is 0 Å². The normalized spacial score (nSPS) is 14.6. The molecule has 0 saturated heterocycles. The highest BCUT2D eigenvalue weighted by Crippen LogP contribution is 2.30. The Morgan fingerprint density at radius 3 is 2.78 bits per heavy atom. The van der Waals surface area contributed by atoms with Crippen molar-refractivity contribution in [3.8, 4) is 0 Å². The van der Waals surface area contributed by atoms with E-state index in [4.69, 9.17) is 0 Å². The third-order valence-electron chi connectivity index (χ3n) is 3.38. The number of carbonyl (C=O) groups is 1. The molecule has 1 aromatic rings. The van der Waals surface area contributed by atoms with Crippen LogP contribution in [0.2, 0.25) is 0 Å². The van der Waals surface area contributed by atoms with Gasteiger partial charge in [-0.1, -0.05) is 19.1 Å². The predicted octanol–water partition coefficient (Wildman–Crippen LogP) is 3.86. The van der Waals surface area contributed by atoms with E-state index in [0.717, 1.165) is 34.6 Å². The zero-order chi connectivity index (χ0) is 13.1. The lowest BCUT2D eigenvalue weighted by Gasteiger charge is -2.23. The average molecular weight is 357 g/mol. The van der Waals surface area contributed by atoms with Crippen LogP contribution in [0.4, 0.5) is 0 Å². The molecule has 0 aliphatic heterocycles. The van der Waals surface area contributed by atoms with Crippen LogP contribution in [-0.2, 0) is 0 Å². The van der Waals surface area contributed by atoms with Gasteiger partial charge in [0.2, 0.25) is 0 Å². The number of amides is 1. The summed E-state index contributed by atoms with van der Waals surface area (Å²) in [5.74, 6) is 0.958. The fraction of sp³-hybridized carbons (Fsp3) is 0.533. The molecule has 2 rings (SSSR count). The van der Waals surface area contributed by atoms with Crippen LogP contribution >= 0.6 is 22.6 Å². The monoisotopic (exact) mass is 357 g/mol. The second kappa shape index (κ2) is 6.04. The van der Waals surface area contributed by atoms with Crippen molar-refractivity contribution in [1.82, 2.24) is 4.90 Å². The third-order valence-corrected chi connectivity index (χ3v) is 4.81. The molecule has 0 radical (unpaired) electrons. The SMILES string of the molecule is CCCN(CC1CC1)C(=O)c1cccc(C)c1I. The van der Waals surface area contributed by atoms with Gasteiger partial charge in [-0.2, -0.15) is 0 Å². The molecule has 0 unspecified atom stereocenters. The van der Waals surface area contributed by atoms with Crippen LogP contribution in [0.15, 0.2) is 18.2 Å². The van der Waals surface area contributed by atoms with Crippen LogP contribution in [-0.4, -0.2) is 23.9 Å². The van der Waals surface area contributed by atoms with Crippen molar-refractivity contribution in [2.24, 2.45) is 5.92 Å². The zero-order valence-corrected chi connectivity index (χ0v) is 13.2. The van der Waals surface area contributed by atoms with Gasteiger partial charge >= 0.3 is 0 Å². The molecule has 0 atom stereocenters. The van der Waals surface area contributed by atoms with Gasteiger partial charge in [-0.15, -0.1) is 0 Å². The maximum atomic E-state index is 12.6. The summed E-state index contributed by atoms with van der Waals surface area (Å²) >= 11 is 2.28. The Hall–Kier alpha value is -0.580. The molecule has 18 heavy (non-hydrogen) atoms. The highest BCUT2D eigenvalue weighted by Gasteiger charge is 2.27. The largest absolute Gasteiger partial charge is 0.338 e. The van der Waals surface area contributed by atoms with E-state index in [1.54, 1.807) is 0 Å².